The predicted octanol–water partition coefficient (Wildman–Crippen LogP) is 2.79. The van der Waals surface area contributed by atoms with Crippen LogP contribution in [0.4, 0.5) is 0 Å². The Morgan fingerprint density at radius 2 is 2.25 bits per heavy atom. The molecule has 2 rings (SSSR count). The summed E-state index contributed by atoms with van der Waals surface area (Å²) in [6, 6.07) is 5.03. The molecule has 0 aliphatic carbocycles. The van der Waals surface area contributed by atoms with Gasteiger partial charge in [-0.3, -0.25) is 4.98 Å². The second kappa shape index (κ2) is 5.30. The SMILES string of the molecule is Oc1ccc(Cl)cc1CNCc1cncs1. The predicted molar refractivity (Wildman–Crippen MR) is 65.8 cm³/mol. The van der Waals surface area contributed by atoms with Crippen molar-refractivity contribution in [2.45, 2.75) is 13.1 Å². The lowest BCUT2D eigenvalue weighted by atomic mass is 10.2. The van der Waals surface area contributed by atoms with Gasteiger partial charge in [-0.2, -0.15) is 0 Å². The first-order valence-electron chi connectivity index (χ1n) is 4.81. The zero-order chi connectivity index (χ0) is 11.4. The lowest BCUT2D eigenvalue weighted by Crippen LogP contribution is -2.11. The molecule has 2 aromatic rings. The standard InChI is InChI=1S/C11H11ClN2OS/c12-9-1-2-11(15)8(3-9)4-13-5-10-6-14-7-16-10/h1-3,6-7,13,15H,4-5H2. The molecule has 1 aromatic carbocycles. The second-order valence-corrected chi connectivity index (χ2v) is 4.75. The van der Waals surface area contributed by atoms with Gasteiger partial charge in [0, 0.05) is 34.7 Å². The first-order chi connectivity index (χ1) is 7.75. The molecule has 0 fully saturated rings. The number of aromatic nitrogens is 1. The lowest BCUT2D eigenvalue weighted by Gasteiger charge is -2.06. The van der Waals surface area contributed by atoms with E-state index in [4.69, 9.17) is 11.6 Å². The van der Waals surface area contributed by atoms with E-state index in [0.29, 0.717) is 11.6 Å². The van der Waals surface area contributed by atoms with E-state index in [2.05, 4.69) is 10.3 Å². The third kappa shape index (κ3) is 2.95. The Morgan fingerprint density at radius 1 is 1.38 bits per heavy atom. The largest absolute Gasteiger partial charge is 0.508 e. The minimum atomic E-state index is 0.265. The molecular weight excluding hydrogens is 244 g/mol. The van der Waals surface area contributed by atoms with Gasteiger partial charge in [0.15, 0.2) is 0 Å². The number of phenols is 1. The molecule has 0 atom stereocenters. The number of hydrogen-bond acceptors (Lipinski definition) is 4. The van der Waals surface area contributed by atoms with Crippen LogP contribution in [0.15, 0.2) is 29.9 Å². The lowest BCUT2D eigenvalue weighted by molar-refractivity contribution is 0.464. The summed E-state index contributed by atoms with van der Waals surface area (Å²) < 4.78 is 0. The first-order valence-corrected chi connectivity index (χ1v) is 6.07. The number of halogens is 1. The minimum absolute atomic E-state index is 0.265. The Hall–Kier alpha value is -1.10. The molecule has 0 spiro atoms. The molecule has 5 heteroatoms. The summed E-state index contributed by atoms with van der Waals surface area (Å²) in [6.07, 6.45) is 1.83. The van der Waals surface area contributed by atoms with Crippen molar-refractivity contribution < 1.29 is 5.11 Å². The van der Waals surface area contributed by atoms with Crippen molar-refractivity contribution in [3.05, 3.63) is 45.4 Å². The molecule has 1 heterocycles. The number of rotatable bonds is 4. The molecule has 0 aliphatic rings. The van der Waals surface area contributed by atoms with Gasteiger partial charge in [-0.15, -0.1) is 11.3 Å². The molecule has 1 aromatic heterocycles. The van der Waals surface area contributed by atoms with E-state index in [0.717, 1.165) is 12.1 Å². The van der Waals surface area contributed by atoms with E-state index >= 15 is 0 Å². The Bertz CT molecular complexity index is 459. The number of nitrogens with zero attached hydrogens (tertiary/aromatic N) is 1. The van der Waals surface area contributed by atoms with Crippen LogP contribution >= 0.6 is 22.9 Å². The van der Waals surface area contributed by atoms with E-state index in [-0.39, 0.29) is 5.75 Å². The van der Waals surface area contributed by atoms with Crippen LogP contribution in [0.5, 0.6) is 5.75 Å². The molecule has 0 amide bonds. The van der Waals surface area contributed by atoms with Crippen molar-refractivity contribution in [2.75, 3.05) is 0 Å². The summed E-state index contributed by atoms with van der Waals surface area (Å²) in [7, 11) is 0. The Labute approximate surface area is 103 Å². The van der Waals surface area contributed by atoms with Gasteiger partial charge >= 0.3 is 0 Å². The van der Waals surface area contributed by atoms with Crippen molar-refractivity contribution in [3.63, 3.8) is 0 Å². The smallest absolute Gasteiger partial charge is 0.120 e. The van der Waals surface area contributed by atoms with Crippen molar-refractivity contribution in [1.29, 1.82) is 0 Å². The summed E-state index contributed by atoms with van der Waals surface area (Å²) in [5, 5.41) is 13.4. The number of phenolic OH excluding ortho intramolecular Hbond substituents is 1. The molecule has 0 bridgehead atoms. The summed E-state index contributed by atoms with van der Waals surface area (Å²) in [5.74, 6) is 0.265. The highest BCUT2D eigenvalue weighted by Gasteiger charge is 2.02. The summed E-state index contributed by atoms with van der Waals surface area (Å²) in [6.45, 7) is 1.33. The maximum Gasteiger partial charge on any atom is 0.120 e. The van der Waals surface area contributed by atoms with Gasteiger partial charge in [0.2, 0.25) is 0 Å². The van der Waals surface area contributed by atoms with E-state index in [9.17, 15) is 5.11 Å². The molecule has 0 aliphatic heterocycles. The number of hydrogen-bond donors (Lipinski definition) is 2. The number of thiazole rings is 1. The zero-order valence-electron chi connectivity index (χ0n) is 8.48. The number of benzene rings is 1. The van der Waals surface area contributed by atoms with E-state index in [1.54, 1.807) is 35.0 Å². The van der Waals surface area contributed by atoms with Crippen LogP contribution in [0, 0.1) is 0 Å². The maximum atomic E-state index is 9.58. The van der Waals surface area contributed by atoms with E-state index in [1.165, 1.54) is 4.88 Å². The van der Waals surface area contributed by atoms with Crippen LogP contribution in [-0.4, -0.2) is 10.1 Å². The Balaban J connectivity index is 1.92. The Kier molecular flexibility index (Phi) is 3.77. The van der Waals surface area contributed by atoms with Crippen LogP contribution in [0.1, 0.15) is 10.4 Å². The van der Waals surface area contributed by atoms with Crippen LogP contribution < -0.4 is 5.32 Å². The summed E-state index contributed by atoms with van der Waals surface area (Å²) >= 11 is 7.45. The van der Waals surface area contributed by atoms with Crippen LogP contribution in [0.2, 0.25) is 5.02 Å². The Morgan fingerprint density at radius 3 is 3.00 bits per heavy atom. The topological polar surface area (TPSA) is 45.1 Å². The van der Waals surface area contributed by atoms with Gasteiger partial charge in [0.05, 0.1) is 5.51 Å². The fourth-order valence-corrected chi connectivity index (χ4v) is 2.10. The molecule has 0 unspecified atom stereocenters. The van der Waals surface area contributed by atoms with Crippen LogP contribution in [-0.2, 0) is 13.1 Å². The monoisotopic (exact) mass is 254 g/mol. The first kappa shape index (κ1) is 11.4. The third-order valence-corrected chi connectivity index (χ3v) is 3.15. The highest BCUT2D eigenvalue weighted by atomic mass is 35.5. The summed E-state index contributed by atoms with van der Waals surface area (Å²) in [4.78, 5) is 5.16. The van der Waals surface area contributed by atoms with Gasteiger partial charge in [0.25, 0.3) is 0 Å². The third-order valence-electron chi connectivity index (χ3n) is 2.14. The maximum absolute atomic E-state index is 9.58. The van der Waals surface area contributed by atoms with Gasteiger partial charge in [0.1, 0.15) is 5.75 Å². The minimum Gasteiger partial charge on any atom is -0.508 e. The number of nitrogens with one attached hydrogen (secondary N) is 1. The average molecular weight is 255 g/mol. The van der Waals surface area contributed by atoms with Gasteiger partial charge in [-0.25, -0.2) is 0 Å². The van der Waals surface area contributed by atoms with Gasteiger partial charge < -0.3 is 10.4 Å². The molecular formula is C11H11ClN2OS. The molecule has 84 valence electrons. The van der Waals surface area contributed by atoms with Crippen molar-refractivity contribution in [3.8, 4) is 5.75 Å². The van der Waals surface area contributed by atoms with Crippen LogP contribution in [0.25, 0.3) is 0 Å². The molecule has 0 saturated heterocycles. The van der Waals surface area contributed by atoms with Gasteiger partial charge in [-0.1, -0.05) is 11.6 Å². The van der Waals surface area contributed by atoms with Crippen molar-refractivity contribution in [2.24, 2.45) is 0 Å². The fourth-order valence-electron chi connectivity index (χ4n) is 1.35. The van der Waals surface area contributed by atoms with Gasteiger partial charge in [-0.05, 0) is 18.2 Å². The molecule has 3 nitrogen and oxygen atoms in total. The highest BCUT2D eigenvalue weighted by molar-refractivity contribution is 7.09. The molecule has 2 N–H and O–H groups in total. The molecule has 0 radical (unpaired) electrons. The summed E-state index contributed by atoms with van der Waals surface area (Å²) in [5.41, 5.74) is 2.60. The van der Waals surface area contributed by atoms with E-state index < -0.39 is 0 Å². The van der Waals surface area contributed by atoms with Crippen molar-refractivity contribution >= 4 is 22.9 Å². The second-order valence-electron chi connectivity index (χ2n) is 3.34. The highest BCUT2D eigenvalue weighted by Crippen LogP contribution is 2.21. The fraction of sp³-hybridized carbons (Fsp3) is 0.182. The molecule has 16 heavy (non-hydrogen) atoms. The number of aromatic hydroxyl groups is 1. The van der Waals surface area contributed by atoms with Crippen molar-refractivity contribution in [1.82, 2.24) is 10.3 Å². The zero-order valence-corrected chi connectivity index (χ0v) is 10.1. The normalized spacial score (nSPS) is 10.6. The quantitative estimate of drug-likeness (QED) is 0.882. The average Bonchev–Trinajstić information content (AvgIpc) is 2.76. The molecule has 0 saturated carbocycles. The van der Waals surface area contributed by atoms with Crippen LogP contribution in [0.3, 0.4) is 0 Å². The van der Waals surface area contributed by atoms with E-state index in [1.807, 2.05) is 6.20 Å².